The first kappa shape index (κ1) is 21.5. The lowest BCUT2D eigenvalue weighted by atomic mass is 10.2. The fraction of sp³-hybridized carbons (Fsp3) is 0.333. The van der Waals surface area contributed by atoms with E-state index in [0.29, 0.717) is 20.7 Å². The Labute approximate surface area is 178 Å². The summed E-state index contributed by atoms with van der Waals surface area (Å²) in [6.07, 6.45) is 0.0944. The van der Waals surface area contributed by atoms with E-state index in [1.54, 1.807) is 13.8 Å². The summed E-state index contributed by atoms with van der Waals surface area (Å²) in [6.45, 7) is 5.83. The number of carbonyl (C=O) groups is 2. The average Bonchev–Trinajstić information content (AvgIpc) is 3.05. The molecular formula is C21H23N3O5S. The largest absolute Gasteiger partial charge is 0.493 e. The number of rotatable bonds is 8. The van der Waals surface area contributed by atoms with Crippen molar-refractivity contribution in [3.05, 3.63) is 46.1 Å². The number of para-hydroxylation sites is 1. The zero-order valence-corrected chi connectivity index (χ0v) is 17.9. The summed E-state index contributed by atoms with van der Waals surface area (Å²) >= 11 is 1.18. The van der Waals surface area contributed by atoms with Crippen molar-refractivity contribution in [1.29, 1.82) is 0 Å². The lowest BCUT2D eigenvalue weighted by molar-refractivity contribution is -0.145. The maximum absolute atomic E-state index is 12.1. The third-order valence-corrected chi connectivity index (χ3v) is 5.51. The van der Waals surface area contributed by atoms with Crippen LogP contribution in [0, 0.1) is 13.8 Å². The van der Waals surface area contributed by atoms with Crippen molar-refractivity contribution < 1.29 is 23.8 Å². The number of nitrogen functional groups attached to an aromatic ring is 1. The molecule has 0 amide bonds. The molecule has 0 saturated carbocycles. The summed E-state index contributed by atoms with van der Waals surface area (Å²) in [4.78, 5) is 33.7. The lowest BCUT2D eigenvalue weighted by Gasteiger charge is -2.09. The molecular weight excluding hydrogens is 406 g/mol. The predicted octanol–water partition coefficient (Wildman–Crippen LogP) is 3.58. The number of fused-ring (bicyclic) bond motifs is 1. The summed E-state index contributed by atoms with van der Waals surface area (Å²) in [5.41, 5.74) is 7.73. The average molecular weight is 429 g/mol. The van der Waals surface area contributed by atoms with Crippen molar-refractivity contribution in [3.63, 3.8) is 0 Å². The normalized spacial score (nSPS) is 10.8. The van der Waals surface area contributed by atoms with Crippen LogP contribution in [0.15, 0.2) is 24.3 Å². The molecule has 0 aliphatic carbocycles. The smallest absolute Gasteiger partial charge is 0.348 e. The number of nitrogens with zero attached hydrogens (tertiary/aromatic N) is 2. The van der Waals surface area contributed by atoms with Gasteiger partial charge in [0.2, 0.25) is 0 Å². The number of anilines is 1. The number of hydrogen-bond donors (Lipinski definition) is 1. The van der Waals surface area contributed by atoms with Crippen LogP contribution in [-0.2, 0) is 20.9 Å². The molecule has 3 aromatic rings. The number of ether oxygens (including phenoxy) is 3. The Morgan fingerprint density at radius 2 is 1.90 bits per heavy atom. The third-order valence-electron chi connectivity index (χ3n) is 4.34. The van der Waals surface area contributed by atoms with Gasteiger partial charge in [0.1, 0.15) is 21.3 Å². The van der Waals surface area contributed by atoms with Gasteiger partial charge in [0, 0.05) is 0 Å². The van der Waals surface area contributed by atoms with Crippen LogP contribution >= 0.6 is 11.3 Å². The predicted molar refractivity (Wildman–Crippen MR) is 114 cm³/mol. The van der Waals surface area contributed by atoms with Crippen LogP contribution in [0.5, 0.6) is 5.75 Å². The minimum absolute atomic E-state index is 0.0944. The molecule has 0 saturated heterocycles. The van der Waals surface area contributed by atoms with Gasteiger partial charge < -0.3 is 19.9 Å². The zero-order chi connectivity index (χ0) is 21.7. The lowest BCUT2D eigenvalue weighted by Crippen LogP contribution is -2.12. The summed E-state index contributed by atoms with van der Waals surface area (Å²) in [6, 6.07) is 7.58. The van der Waals surface area contributed by atoms with Crippen molar-refractivity contribution in [3.8, 4) is 5.75 Å². The zero-order valence-electron chi connectivity index (χ0n) is 17.1. The van der Waals surface area contributed by atoms with Crippen LogP contribution in [0.1, 0.15) is 40.0 Å². The van der Waals surface area contributed by atoms with Crippen LogP contribution in [0.3, 0.4) is 0 Å². The number of benzene rings is 1. The molecule has 2 aromatic heterocycles. The molecule has 3 rings (SSSR count). The Bertz CT molecular complexity index is 1080. The minimum Gasteiger partial charge on any atom is -0.493 e. The van der Waals surface area contributed by atoms with Gasteiger partial charge in [-0.15, -0.1) is 11.3 Å². The first-order chi connectivity index (χ1) is 14.4. The molecule has 158 valence electrons. The Hall–Kier alpha value is -3.20. The Balaban J connectivity index is 1.61. The number of aryl methyl sites for hydroxylation is 2. The highest BCUT2D eigenvalue weighted by Gasteiger charge is 2.20. The van der Waals surface area contributed by atoms with E-state index in [4.69, 9.17) is 19.9 Å². The van der Waals surface area contributed by atoms with E-state index >= 15 is 0 Å². The van der Waals surface area contributed by atoms with Gasteiger partial charge >= 0.3 is 11.9 Å². The van der Waals surface area contributed by atoms with E-state index in [0.717, 1.165) is 11.3 Å². The van der Waals surface area contributed by atoms with Crippen molar-refractivity contribution in [1.82, 2.24) is 9.97 Å². The summed E-state index contributed by atoms with van der Waals surface area (Å²) in [5, 5.41) is 0.616. The van der Waals surface area contributed by atoms with Gasteiger partial charge in [-0.1, -0.05) is 18.2 Å². The molecule has 0 bridgehead atoms. The van der Waals surface area contributed by atoms with E-state index in [1.807, 2.05) is 31.2 Å². The fourth-order valence-electron chi connectivity index (χ4n) is 2.85. The van der Waals surface area contributed by atoms with E-state index in [2.05, 4.69) is 9.97 Å². The number of hydrogen-bond acceptors (Lipinski definition) is 9. The quantitative estimate of drug-likeness (QED) is 0.541. The molecule has 0 aliphatic rings. The number of thiophene rings is 1. The molecule has 1 aromatic carbocycles. The molecule has 30 heavy (non-hydrogen) atoms. The highest BCUT2D eigenvalue weighted by Crippen LogP contribution is 2.33. The molecule has 0 unspecified atom stereocenters. The molecule has 0 atom stereocenters. The van der Waals surface area contributed by atoms with Crippen LogP contribution < -0.4 is 10.5 Å². The highest BCUT2D eigenvalue weighted by atomic mass is 32.1. The van der Waals surface area contributed by atoms with Gasteiger partial charge in [0.25, 0.3) is 0 Å². The van der Waals surface area contributed by atoms with E-state index in [-0.39, 0.29) is 37.9 Å². The molecule has 0 fully saturated rings. The van der Waals surface area contributed by atoms with Crippen molar-refractivity contribution in [2.45, 2.75) is 33.8 Å². The maximum atomic E-state index is 12.1. The van der Waals surface area contributed by atoms with E-state index in [9.17, 15) is 9.59 Å². The van der Waals surface area contributed by atoms with Crippen molar-refractivity contribution in [2.75, 3.05) is 18.9 Å². The molecule has 2 N–H and O–H groups in total. The fourth-order valence-corrected chi connectivity index (χ4v) is 3.95. The van der Waals surface area contributed by atoms with Crippen LogP contribution in [-0.4, -0.2) is 35.1 Å². The number of carbonyl (C=O) groups excluding carboxylic acids is 2. The van der Waals surface area contributed by atoms with Gasteiger partial charge in [0.15, 0.2) is 12.4 Å². The SMILES string of the molecule is CCOC(=O)c1sc2nc(COC(=O)CCOc3ccccc3C)nc(N)c2c1C. The van der Waals surface area contributed by atoms with E-state index in [1.165, 1.54) is 11.3 Å². The van der Waals surface area contributed by atoms with E-state index < -0.39 is 11.9 Å². The van der Waals surface area contributed by atoms with Crippen molar-refractivity contribution >= 4 is 39.3 Å². The first-order valence-corrected chi connectivity index (χ1v) is 10.3. The third kappa shape index (κ3) is 4.85. The van der Waals surface area contributed by atoms with Gasteiger partial charge in [-0.25, -0.2) is 14.8 Å². The molecule has 0 spiro atoms. The Morgan fingerprint density at radius 3 is 2.63 bits per heavy atom. The number of nitrogens with two attached hydrogens (primary N) is 1. The molecule has 9 heteroatoms. The number of aromatic nitrogens is 2. The summed E-state index contributed by atoms with van der Waals surface area (Å²) < 4.78 is 15.9. The Kier molecular flexibility index (Phi) is 6.83. The maximum Gasteiger partial charge on any atom is 0.348 e. The van der Waals surface area contributed by atoms with Gasteiger partial charge in [-0.05, 0) is 38.0 Å². The molecule has 0 radical (unpaired) electrons. The topological polar surface area (TPSA) is 114 Å². The second-order valence-electron chi connectivity index (χ2n) is 6.51. The summed E-state index contributed by atoms with van der Waals surface area (Å²) in [7, 11) is 0. The molecule has 0 aliphatic heterocycles. The first-order valence-electron chi connectivity index (χ1n) is 9.47. The standard InChI is InChI=1S/C21H23N3O5S/c1-4-27-21(26)18-13(3)17-19(22)23-15(24-20(17)30-18)11-29-16(25)9-10-28-14-8-6-5-7-12(14)2/h5-8H,4,9-11H2,1-3H3,(H2,22,23,24). The monoisotopic (exact) mass is 429 g/mol. The Morgan fingerprint density at radius 1 is 1.13 bits per heavy atom. The van der Waals surface area contributed by atoms with Crippen LogP contribution in [0.4, 0.5) is 5.82 Å². The highest BCUT2D eigenvalue weighted by molar-refractivity contribution is 7.20. The van der Waals surface area contributed by atoms with Crippen LogP contribution in [0.25, 0.3) is 10.2 Å². The van der Waals surface area contributed by atoms with Crippen LogP contribution in [0.2, 0.25) is 0 Å². The molecule has 2 heterocycles. The second-order valence-corrected chi connectivity index (χ2v) is 7.51. The van der Waals surface area contributed by atoms with Gasteiger partial charge in [0.05, 0.1) is 25.0 Å². The number of esters is 2. The summed E-state index contributed by atoms with van der Waals surface area (Å²) in [5.74, 6) is 0.389. The van der Waals surface area contributed by atoms with Gasteiger partial charge in [-0.2, -0.15) is 0 Å². The second kappa shape index (κ2) is 9.53. The van der Waals surface area contributed by atoms with Gasteiger partial charge in [-0.3, -0.25) is 4.79 Å². The van der Waals surface area contributed by atoms with Crippen molar-refractivity contribution in [2.24, 2.45) is 0 Å². The molecule has 8 nitrogen and oxygen atoms in total. The minimum atomic E-state index is -0.430.